The van der Waals surface area contributed by atoms with Gasteiger partial charge in [0.05, 0.1) is 32.7 Å². The van der Waals surface area contributed by atoms with Crippen LogP contribution < -0.4 is 0 Å². The molecule has 0 spiro atoms. The van der Waals surface area contributed by atoms with Gasteiger partial charge >= 0.3 is 11.9 Å². The normalized spacial score (nSPS) is 39.4. The minimum absolute atomic E-state index is 0.113. The molecule has 0 N–H and O–H groups in total. The SMILES string of the molecule is COC(=O)C[C@H]1[C@@H]2OC(C)(C)O[C@@H]2[C@H]2C[C@H](C(=O)OC)ON21. The van der Waals surface area contributed by atoms with Gasteiger partial charge in [-0.05, 0) is 13.8 Å². The molecule has 0 aromatic carbocycles. The Hall–Kier alpha value is -1.22. The third-order valence-electron chi connectivity index (χ3n) is 4.35. The van der Waals surface area contributed by atoms with Crippen molar-refractivity contribution in [2.45, 2.75) is 62.9 Å². The molecule has 124 valence electrons. The lowest BCUT2D eigenvalue weighted by Gasteiger charge is -2.28. The third kappa shape index (κ3) is 2.50. The number of esters is 2. The van der Waals surface area contributed by atoms with Gasteiger partial charge in [-0.3, -0.25) is 9.63 Å². The van der Waals surface area contributed by atoms with Crippen LogP contribution in [-0.4, -0.2) is 67.4 Å². The third-order valence-corrected chi connectivity index (χ3v) is 4.35. The lowest BCUT2D eigenvalue weighted by atomic mass is 10.0. The van der Waals surface area contributed by atoms with Crippen LogP contribution in [-0.2, 0) is 33.4 Å². The Morgan fingerprint density at radius 3 is 2.50 bits per heavy atom. The number of methoxy groups -OCH3 is 2. The van der Waals surface area contributed by atoms with Crippen molar-refractivity contribution in [1.29, 1.82) is 0 Å². The van der Waals surface area contributed by atoms with E-state index in [0.29, 0.717) is 6.42 Å². The number of carbonyl (C=O) groups is 2. The minimum atomic E-state index is -0.723. The van der Waals surface area contributed by atoms with Crippen LogP contribution in [0.3, 0.4) is 0 Å². The van der Waals surface area contributed by atoms with E-state index in [0.717, 1.165) is 0 Å². The molecule has 8 heteroatoms. The summed E-state index contributed by atoms with van der Waals surface area (Å²) in [6.45, 7) is 3.66. The molecular formula is C14H21NO7. The van der Waals surface area contributed by atoms with Crippen LogP contribution in [0.1, 0.15) is 26.7 Å². The fourth-order valence-corrected chi connectivity index (χ4v) is 3.48. The van der Waals surface area contributed by atoms with Crippen LogP contribution in [0.2, 0.25) is 0 Å². The number of hydrogen-bond acceptors (Lipinski definition) is 8. The Morgan fingerprint density at radius 2 is 1.86 bits per heavy atom. The van der Waals surface area contributed by atoms with E-state index in [1.54, 1.807) is 5.06 Å². The summed E-state index contributed by atoms with van der Waals surface area (Å²) in [5, 5.41) is 1.66. The quantitative estimate of drug-likeness (QED) is 0.673. The summed E-state index contributed by atoms with van der Waals surface area (Å²) >= 11 is 0. The number of nitrogens with zero attached hydrogens (tertiary/aromatic N) is 1. The number of fused-ring (bicyclic) bond motifs is 3. The van der Waals surface area contributed by atoms with Crippen molar-refractivity contribution in [3.63, 3.8) is 0 Å². The summed E-state index contributed by atoms with van der Waals surface area (Å²) in [5.41, 5.74) is 0. The van der Waals surface area contributed by atoms with E-state index in [1.165, 1.54) is 14.2 Å². The van der Waals surface area contributed by atoms with Crippen LogP contribution in [0.4, 0.5) is 0 Å². The topological polar surface area (TPSA) is 83.5 Å². The molecule has 0 aromatic heterocycles. The average molecular weight is 315 g/mol. The molecule has 0 aromatic rings. The first-order chi connectivity index (χ1) is 10.4. The fourth-order valence-electron chi connectivity index (χ4n) is 3.48. The fraction of sp³-hybridized carbons (Fsp3) is 0.857. The molecule has 0 saturated carbocycles. The molecule has 3 aliphatic heterocycles. The summed E-state index contributed by atoms with van der Waals surface area (Å²) in [6, 6.07) is -0.496. The van der Waals surface area contributed by atoms with Crippen molar-refractivity contribution in [1.82, 2.24) is 5.06 Å². The summed E-state index contributed by atoms with van der Waals surface area (Å²) in [7, 11) is 2.66. The lowest BCUT2D eigenvalue weighted by Crippen LogP contribution is -2.41. The first kappa shape index (κ1) is 15.7. The second-order valence-corrected chi connectivity index (χ2v) is 6.19. The van der Waals surface area contributed by atoms with Gasteiger partial charge in [-0.2, -0.15) is 5.06 Å². The minimum Gasteiger partial charge on any atom is -0.469 e. The molecule has 3 aliphatic rings. The Bertz CT molecular complexity index is 480. The summed E-state index contributed by atoms with van der Waals surface area (Å²) in [6.07, 6.45) is -0.660. The predicted molar refractivity (Wildman–Crippen MR) is 71.4 cm³/mol. The average Bonchev–Trinajstić information content (AvgIpc) is 3.09. The van der Waals surface area contributed by atoms with E-state index < -0.39 is 17.9 Å². The van der Waals surface area contributed by atoms with Gasteiger partial charge in [-0.25, -0.2) is 4.79 Å². The highest BCUT2D eigenvalue weighted by Gasteiger charge is 2.62. The van der Waals surface area contributed by atoms with Crippen molar-refractivity contribution in [2.24, 2.45) is 0 Å². The van der Waals surface area contributed by atoms with Crippen molar-refractivity contribution >= 4 is 11.9 Å². The second kappa shape index (κ2) is 5.45. The molecule has 22 heavy (non-hydrogen) atoms. The molecule has 3 heterocycles. The van der Waals surface area contributed by atoms with Gasteiger partial charge in [0.25, 0.3) is 0 Å². The van der Waals surface area contributed by atoms with Gasteiger partial charge in [0.1, 0.15) is 12.2 Å². The van der Waals surface area contributed by atoms with E-state index in [2.05, 4.69) is 0 Å². The maximum absolute atomic E-state index is 11.7. The maximum atomic E-state index is 11.7. The first-order valence-corrected chi connectivity index (χ1v) is 7.31. The number of hydrogen-bond donors (Lipinski definition) is 0. The molecule has 3 saturated heterocycles. The van der Waals surface area contributed by atoms with Crippen LogP contribution >= 0.6 is 0 Å². The first-order valence-electron chi connectivity index (χ1n) is 7.31. The largest absolute Gasteiger partial charge is 0.469 e. The van der Waals surface area contributed by atoms with Crippen LogP contribution in [0.5, 0.6) is 0 Å². The zero-order chi connectivity index (χ0) is 16.1. The number of hydroxylamine groups is 2. The van der Waals surface area contributed by atoms with E-state index in [9.17, 15) is 9.59 Å². The molecule has 8 nitrogen and oxygen atoms in total. The maximum Gasteiger partial charge on any atom is 0.337 e. The summed E-state index contributed by atoms with van der Waals surface area (Å²) < 4.78 is 21.3. The van der Waals surface area contributed by atoms with Crippen molar-refractivity contribution in [3.8, 4) is 0 Å². The number of carbonyl (C=O) groups excluding carboxylic acids is 2. The van der Waals surface area contributed by atoms with Crippen molar-refractivity contribution < 1.29 is 33.4 Å². The van der Waals surface area contributed by atoms with Gasteiger partial charge in [-0.1, -0.05) is 0 Å². The molecule has 0 radical (unpaired) electrons. The van der Waals surface area contributed by atoms with Gasteiger partial charge in [0.15, 0.2) is 11.9 Å². The smallest absolute Gasteiger partial charge is 0.337 e. The summed E-state index contributed by atoms with van der Waals surface area (Å²) in [5.74, 6) is -1.51. The monoisotopic (exact) mass is 315 g/mol. The van der Waals surface area contributed by atoms with Gasteiger partial charge in [0.2, 0.25) is 0 Å². The zero-order valence-electron chi connectivity index (χ0n) is 13.1. The highest BCUT2D eigenvalue weighted by Crippen LogP contribution is 2.46. The predicted octanol–water partition coefficient (Wildman–Crippen LogP) is -0.000700. The molecule has 3 rings (SSSR count). The number of rotatable bonds is 3. The molecule has 5 atom stereocenters. The van der Waals surface area contributed by atoms with E-state index in [4.69, 9.17) is 23.8 Å². The standard InChI is InChI=1S/C14H21NO7/c1-14(2)20-11-7-5-9(13(17)19-4)22-15(7)8(12(11)21-14)6-10(16)18-3/h7-9,11-12H,5-6H2,1-4H3/t7-,8+,9-,11-,12+/m1/s1. The van der Waals surface area contributed by atoms with Crippen molar-refractivity contribution in [3.05, 3.63) is 0 Å². The van der Waals surface area contributed by atoms with Gasteiger partial charge in [-0.15, -0.1) is 0 Å². The Kier molecular flexibility index (Phi) is 3.88. The Labute approximate surface area is 128 Å². The molecule has 0 amide bonds. The van der Waals surface area contributed by atoms with Gasteiger partial charge in [0, 0.05) is 6.42 Å². The molecule has 0 bridgehead atoms. The van der Waals surface area contributed by atoms with Crippen LogP contribution in [0.15, 0.2) is 0 Å². The van der Waals surface area contributed by atoms with Crippen LogP contribution in [0.25, 0.3) is 0 Å². The highest BCUT2D eigenvalue weighted by molar-refractivity contribution is 5.75. The van der Waals surface area contributed by atoms with E-state index >= 15 is 0 Å². The summed E-state index contributed by atoms with van der Waals surface area (Å²) in [4.78, 5) is 29.1. The van der Waals surface area contributed by atoms with Gasteiger partial charge < -0.3 is 18.9 Å². The van der Waals surface area contributed by atoms with Crippen LogP contribution in [0, 0.1) is 0 Å². The lowest BCUT2D eigenvalue weighted by molar-refractivity contribution is -0.228. The van der Waals surface area contributed by atoms with E-state index in [-0.39, 0.29) is 36.7 Å². The molecule has 3 fully saturated rings. The highest BCUT2D eigenvalue weighted by atomic mass is 16.8. The Balaban J connectivity index is 1.81. The molecular weight excluding hydrogens is 294 g/mol. The van der Waals surface area contributed by atoms with E-state index in [1.807, 2.05) is 13.8 Å². The molecule has 0 unspecified atom stereocenters. The second-order valence-electron chi connectivity index (χ2n) is 6.19. The molecule has 0 aliphatic carbocycles. The Morgan fingerprint density at radius 1 is 1.18 bits per heavy atom. The van der Waals surface area contributed by atoms with Crippen molar-refractivity contribution in [2.75, 3.05) is 14.2 Å². The number of ether oxygens (including phenoxy) is 4. The zero-order valence-corrected chi connectivity index (χ0v) is 13.1.